The Morgan fingerprint density at radius 3 is 2.44 bits per heavy atom. The molecule has 1 aromatic heterocycles. The first-order valence-electron chi connectivity index (χ1n) is 4.57. The van der Waals surface area contributed by atoms with Crippen molar-refractivity contribution in [2.45, 2.75) is 6.18 Å². The molecule has 0 aliphatic heterocycles. The van der Waals surface area contributed by atoms with Crippen LogP contribution in [0.25, 0.3) is 10.4 Å². The molecule has 0 fully saturated rings. The molecule has 8 heteroatoms. The van der Waals surface area contributed by atoms with Crippen molar-refractivity contribution in [1.82, 2.24) is 4.98 Å². The Labute approximate surface area is 112 Å². The number of nitrogens with zero attached hydrogens (tertiary/aromatic N) is 1. The molecule has 96 valence electrons. The summed E-state index contributed by atoms with van der Waals surface area (Å²) in [4.78, 5) is 3.94. The summed E-state index contributed by atoms with van der Waals surface area (Å²) in [7, 11) is 0. The minimum absolute atomic E-state index is 0.165. The molecule has 0 aliphatic rings. The molecule has 0 unspecified atom stereocenters. The van der Waals surface area contributed by atoms with E-state index in [2.05, 4.69) is 20.9 Å². The number of halogens is 5. The Morgan fingerprint density at radius 2 is 1.94 bits per heavy atom. The lowest BCUT2D eigenvalue weighted by atomic mass is 10.1. The second-order valence-electron chi connectivity index (χ2n) is 3.38. The van der Waals surface area contributed by atoms with Crippen molar-refractivity contribution in [3.63, 3.8) is 0 Å². The summed E-state index contributed by atoms with van der Waals surface area (Å²) in [6.07, 6.45) is -3.30. The molecule has 2 nitrogen and oxygen atoms in total. The fourth-order valence-electron chi connectivity index (χ4n) is 1.34. The smallest absolute Gasteiger partial charge is 0.375 e. The monoisotopic (exact) mass is 340 g/mol. The SMILES string of the molecule is Nc1ncc(-c2cc(C(F)(F)F)cc(Br)c2F)s1. The number of hydrogen-bond donors (Lipinski definition) is 1. The molecular weight excluding hydrogens is 336 g/mol. The zero-order valence-corrected chi connectivity index (χ0v) is 11.0. The second kappa shape index (κ2) is 4.51. The summed E-state index contributed by atoms with van der Waals surface area (Å²) in [5.41, 5.74) is 4.27. The van der Waals surface area contributed by atoms with Crippen molar-refractivity contribution in [3.8, 4) is 10.4 Å². The van der Waals surface area contributed by atoms with Crippen LogP contribution in [0.4, 0.5) is 22.7 Å². The van der Waals surface area contributed by atoms with Crippen LogP contribution in [0.15, 0.2) is 22.8 Å². The van der Waals surface area contributed by atoms with Gasteiger partial charge in [0.1, 0.15) is 5.82 Å². The van der Waals surface area contributed by atoms with E-state index in [0.717, 1.165) is 17.4 Å². The van der Waals surface area contributed by atoms with Crippen molar-refractivity contribution in [1.29, 1.82) is 0 Å². The van der Waals surface area contributed by atoms with Crippen LogP contribution in [0, 0.1) is 5.82 Å². The number of nitrogen functional groups attached to an aromatic ring is 1. The minimum atomic E-state index is -4.54. The fraction of sp³-hybridized carbons (Fsp3) is 0.100. The van der Waals surface area contributed by atoms with Gasteiger partial charge in [-0.25, -0.2) is 9.37 Å². The lowest BCUT2D eigenvalue weighted by Gasteiger charge is -2.10. The van der Waals surface area contributed by atoms with E-state index in [1.807, 2.05) is 0 Å². The third-order valence-corrected chi connectivity index (χ3v) is 3.58. The molecular formula is C10H5BrF4N2S. The average molecular weight is 341 g/mol. The van der Waals surface area contributed by atoms with Crippen LogP contribution in [0.1, 0.15) is 5.56 Å². The summed E-state index contributed by atoms with van der Waals surface area (Å²) >= 11 is 3.69. The number of thiazole rings is 1. The van der Waals surface area contributed by atoms with Crippen molar-refractivity contribution in [2.24, 2.45) is 0 Å². The van der Waals surface area contributed by atoms with Crippen LogP contribution in [0.5, 0.6) is 0 Å². The van der Waals surface area contributed by atoms with Gasteiger partial charge < -0.3 is 5.73 Å². The number of benzene rings is 1. The minimum Gasteiger partial charge on any atom is -0.375 e. The first-order chi connectivity index (χ1) is 8.29. The predicted molar refractivity (Wildman–Crippen MR) is 64.6 cm³/mol. The number of hydrogen-bond acceptors (Lipinski definition) is 3. The van der Waals surface area contributed by atoms with Crippen LogP contribution in [-0.2, 0) is 6.18 Å². The van der Waals surface area contributed by atoms with Crippen LogP contribution in [-0.4, -0.2) is 4.98 Å². The van der Waals surface area contributed by atoms with Gasteiger partial charge in [-0.2, -0.15) is 13.2 Å². The highest BCUT2D eigenvalue weighted by molar-refractivity contribution is 9.10. The van der Waals surface area contributed by atoms with Crippen molar-refractivity contribution in [2.75, 3.05) is 5.73 Å². The van der Waals surface area contributed by atoms with Crippen LogP contribution in [0.3, 0.4) is 0 Å². The Morgan fingerprint density at radius 1 is 1.28 bits per heavy atom. The van der Waals surface area contributed by atoms with Gasteiger partial charge in [0.25, 0.3) is 0 Å². The second-order valence-corrected chi connectivity index (χ2v) is 5.30. The van der Waals surface area contributed by atoms with E-state index in [1.165, 1.54) is 6.20 Å². The summed E-state index contributed by atoms with van der Waals surface area (Å²) < 4.78 is 51.4. The van der Waals surface area contributed by atoms with Gasteiger partial charge >= 0.3 is 6.18 Å². The summed E-state index contributed by atoms with van der Waals surface area (Å²) in [6, 6.07) is 1.44. The predicted octanol–water partition coefficient (Wildman–Crippen LogP) is 4.31. The molecule has 0 radical (unpaired) electrons. The first kappa shape index (κ1) is 13.3. The highest BCUT2D eigenvalue weighted by Gasteiger charge is 2.32. The zero-order valence-electron chi connectivity index (χ0n) is 8.55. The van der Waals surface area contributed by atoms with Gasteiger partial charge in [0.15, 0.2) is 5.13 Å². The van der Waals surface area contributed by atoms with Gasteiger partial charge in [-0.05, 0) is 28.1 Å². The largest absolute Gasteiger partial charge is 0.416 e. The van der Waals surface area contributed by atoms with Crippen molar-refractivity contribution < 1.29 is 17.6 Å². The number of aromatic nitrogens is 1. The zero-order chi connectivity index (χ0) is 13.5. The quantitative estimate of drug-likeness (QED) is 0.785. The summed E-state index contributed by atoms with van der Waals surface area (Å²) in [5.74, 6) is -0.772. The maximum Gasteiger partial charge on any atom is 0.416 e. The van der Waals surface area contributed by atoms with Gasteiger partial charge in [-0.1, -0.05) is 11.3 Å². The van der Waals surface area contributed by atoms with Gasteiger partial charge in [0.05, 0.1) is 14.9 Å². The van der Waals surface area contributed by atoms with Gasteiger partial charge in [-0.3, -0.25) is 0 Å². The lowest BCUT2D eigenvalue weighted by Crippen LogP contribution is -2.06. The van der Waals surface area contributed by atoms with Gasteiger partial charge in [0, 0.05) is 11.8 Å². The molecule has 2 rings (SSSR count). The third kappa shape index (κ3) is 2.49. The van der Waals surface area contributed by atoms with Gasteiger partial charge in [-0.15, -0.1) is 0 Å². The molecule has 2 aromatic rings. The molecule has 18 heavy (non-hydrogen) atoms. The molecule has 2 N–H and O–H groups in total. The van der Waals surface area contributed by atoms with E-state index in [-0.39, 0.29) is 20.0 Å². The molecule has 0 saturated heterocycles. The Balaban J connectivity index is 2.63. The molecule has 0 atom stereocenters. The van der Waals surface area contributed by atoms with Crippen LogP contribution in [0.2, 0.25) is 0 Å². The number of anilines is 1. The van der Waals surface area contributed by atoms with E-state index < -0.39 is 17.6 Å². The highest BCUT2D eigenvalue weighted by Crippen LogP contribution is 2.38. The maximum atomic E-state index is 13.8. The lowest BCUT2D eigenvalue weighted by molar-refractivity contribution is -0.137. The Hall–Kier alpha value is -1.15. The van der Waals surface area contributed by atoms with Crippen LogP contribution < -0.4 is 5.73 Å². The normalized spacial score (nSPS) is 11.8. The third-order valence-electron chi connectivity index (χ3n) is 2.14. The molecule has 0 amide bonds. The Kier molecular flexibility index (Phi) is 3.33. The average Bonchev–Trinajstić information content (AvgIpc) is 2.67. The number of rotatable bonds is 1. The van der Waals surface area contributed by atoms with Crippen LogP contribution >= 0.6 is 27.3 Å². The molecule has 0 aliphatic carbocycles. The van der Waals surface area contributed by atoms with E-state index in [9.17, 15) is 17.6 Å². The molecule has 1 heterocycles. The first-order valence-corrected chi connectivity index (χ1v) is 6.18. The maximum absolute atomic E-state index is 13.8. The summed E-state index contributed by atoms with van der Waals surface area (Å²) in [5, 5.41) is 0.165. The Bertz CT molecular complexity index is 594. The van der Waals surface area contributed by atoms with E-state index in [0.29, 0.717) is 6.07 Å². The number of nitrogens with two attached hydrogens (primary N) is 1. The van der Waals surface area contributed by atoms with Crippen molar-refractivity contribution in [3.05, 3.63) is 34.2 Å². The van der Waals surface area contributed by atoms with E-state index in [4.69, 9.17) is 5.73 Å². The fourth-order valence-corrected chi connectivity index (χ4v) is 2.50. The van der Waals surface area contributed by atoms with Gasteiger partial charge in [0.2, 0.25) is 0 Å². The standard InChI is InChI=1S/C10H5BrF4N2S/c11-6-2-4(10(13,14)15)1-5(8(6)12)7-3-17-9(16)18-7/h1-3H,(H2,16,17). The van der Waals surface area contributed by atoms with E-state index >= 15 is 0 Å². The highest BCUT2D eigenvalue weighted by atomic mass is 79.9. The molecule has 0 saturated carbocycles. The molecule has 1 aromatic carbocycles. The molecule has 0 bridgehead atoms. The van der Waals surface area contributed by atoms with E-state index in [1.54, 1.807) is 0 Å². The van der Waals surface area contributed by atoms with Crippen molar-refractivity contribution >= 4 is 32.4 Å². The topological polar surface area (TPSA) is 38.9 Å². The summed E-state index contributed by atoms with van der Waals surface area (Å²) in [6.45, 7) is 0. The number of alkyl halides is 3. The molecule has 0 spiro atoms.